The second-order valence-corrected chi connectivity index (χ2v) is 14.3. The van der Waals surface area contributed by atoms with E-state index in [0.717, 1.165) is 11.1 Å². The fraction of sp³-hybridized carbons (Fsp3) is 0.513. The van der Waals surface area contributed by atoms with Crippen LogP contribution in [-0.2, 0) is 36.9 Å². The number of nitrogens with one attached hydrogen (secondary N) is 3. The molecule has 0 radical (unpaired) electrons. The molecule has 278 valence electrons. The van der Waals surface area contributed by atoms with E-state index in [-0.39, 0.29) is 43.9 Å². The van der Waals surface area contributed by atoms with Gasteiger partial charge in [-0.25, -0.2) is 14.4 Å². The van der Waals surface area contributed by atoms with Gasteiger partial charge >= 0.3 is 18.2 Å². The fourth-order valence-corrected chi connectivity index (χ4v) is 5.84. The zero-order valence-electron chi connectivity index (χ0n) is 30.4. The summed E-state index contributed by atoms with van der Waals surface area (Å²) in [6, 6.07) is 16.4. The average molecular weight is 707 g/mol. The average Bonchev–Trinajstić information content (AvgIpc) is 3.56. The van der Waals surface area contributed by atoms with Crippen molar-refractivity contribution in [1.82, 2.24) is 20.9 Å². The lowest BCUT2D eigenvalue weighted by atomic mass is 9.95. The molecular weight excluding hydrogens is 652 g/mol. The first-order chi connectivity index (χ1) is 24.2. The highest BCUT2D eigenvalue weighted by atomic mass is 16.6. The summed E-state index contributed by atoms with van der Waals surface area (Å²) >= 11 is 0. The standard InChI is InChI=1S/C39H54N4O8/c1-27(2)24-31(41-38(49)51-39(3,4)5)21-20-30(25-28-14-8-6-9-15-28)35(45)43-23-13-19-33(43)34(44)42-32(36(46)47)18-12-22-40-37(48)50-26-29-16-10-7-11-17-29/h6-11,14-17,20-21,27,30-33H,12-13,18-19,22-26H2,1-5H3,(H,40,48)(H,41,49)(H,42,44)(H,46,47)/b21-20+/t30?,31?,32?,33-/m0/s1. The van der Waals surface area contributed by atoms with Crippen LogP contribution in [0.2, 0.25) is 0 Å². The lowest BCUT2D eigenvalue weighted by molar-refractivity contribution is -0.144. The second-order valence-electron chi connectivity index (χ2n) is 14.3. The highest BCUT2D eigenvalue weighted by molar-refractivity contribution is 5.92. The van der Waals surface area contributed by atoms with Gasteiger partial charge in [0.25, 0.3) is 0 Å². The predicted molar refractivity (Wildman–Crippen MR) is 194 cm³/mol. The molecular formula is C39H54N4O8. The summed E-state index contributed by atoms with van der Waals surface area (Å²) in [5.41, 5.74) is 1.11. The molecule has 1 fully saturated rings. The first-order valence-corrected chi connectivity index (χ1v) is 17.7. The van der Waals surface area contributed by atoms with E-state index in [2.05, 4.69) is 16.0 Å². The molecule has 12 nitrogen and oxygen atoms in total. The van der Waals surface area contributed by atoms with Crippen molar-refractivity contribution in [2.24, 2.45) is 11.8 Å². The molecule has 0 bridgehead atoms. The second kappa shape index (κ2) is 20.1. The monoisotopic (exact) mass is 706 g/mol. The molecule has 3 unspecified atom stereocenters. The number of nitrogens with zero attached hydrogens (tertiary/aromatic N) is 1. The smallest absolute Gasteiger partial charge is 0.408 e. The lowest BCUT2D eigenvalue weighted by Crippen LogP contribution is -2.52. The third kappa shape index (κ3) is 14.9. The van der Waals surface area contributed by atoms with E-state index in [9.17, 15) is 29.1 Å². The van der Waals surface area contributed by atoms with E-state index in [1.54, 1.807) is 26.8 Å². The summed E-state index contributed by atoms with van der Waals surface area (Å²) in [5.74, 6) is -2.38. The highest BCUT2D eigenvalue weighted by Gasteiger charge is 2.38. The Bertz CT molecular complexity index is 1460. The number of hydrogen-bond acceptors (Lipinski definition) is 7. The molecule has 0 aromatic heterocycles. The number of carboxylic acid groups (broad SMARTS) is 1. The molecule has 1 aliphatic heterocycles. The molecule has 12 heteroatoms. The van der Waals surface area contributed by atoms with E-state index >= 15 is 0 Å². The molecule has 2 aromatic carbocycles. The lowest BCUT2D eigenvalue weighted by Gasteiger charge is -2.28. The van der Waals surface area contributed by atoms with Gasteiger partial charge in [-0.05, 0) is 76.3 Å². The number of carbonyl (C=O) groups excluding carboxylic acids is 4. The number of hydrogen-bond donors (Lipinski definition) is 4. The number of likely N-dealkylation sites (tertiary alicyclic amines) is 1. The van der Waals surface area contributed by atoms with Gasteiger partial charge in [-0.15, -0.1) is 0 Å². The van der Waals surface area contributed by atoms with Gasteiger partial charge < -0.3 is 35.4 Å². The maximum atomic E-state index is 14.2. The Kier molecular flexibility index (Phi) is 16.0. The summed E-state index contributed by atoms with van der Waals surface area (Å²) in [7, 11) is 0. The first-order valence-electron chi connectivity index (χ1n) is 17.7. The molecule has 1 aliphatic rings. The van der Waals surface area contributed by atoms with E-state index in [0.29, 0.717) is 32.2 Å². The summed E-state index contributed by atoms with van der Waals surface area (Å²) < 4.78 is 10.7. The van der Waals surface area contributed by atoms with Gasteiger partial charge in [-0.3, -0.25) is 9.59 Å². The van der Waals surface area contributed by atoms with E-state index < -0.39 is 47.7 Å². The maximum Gasteiger partial charge on any atom is 0.408 e. The molecule has 2 aromatic rings. The van der Waals surface area contributed by atoms with Crippen LogP contribution in [0.4, 0.5) is 9.59 Å². The Morgan fingerprint density at radius 3 is 2.18 bits per heavy atom. The van der Waals surface area contributed by atoms with Crippen LogP contribution in [0.1, 0.15) is 77.8 Å². The number of benzene rings is 2. The zero-order chi connectivity index (χ0) is 37.4. The Hall–Kier alpha value is -4.87. The van der Waals surface area contributed by atoms with Gasteiger partial charge in [-0.1, -0.05) is 86.7 Å². The van der Waals surface area contributed by atoms with Crippen molar-refractivity contribution < 1.29 is 38.6 Å². The van der Waals surface area contributed by atoms with Crippen LogP contribution in [-0.4, -0.2) is 76.8 Å². The maximum absolute atomic E-state index is 14.2. The molecule has 4 atom stereocenters. The van der Waals surface area contributed by atoms with Crippen LogP contribution in [0.5, 0.6) is 0 Å². The number of alkyl carbamates (subject to hydrolysis) is 2. The molecule has 1 saturated heterocycles. The van der Waals surface area contributed by atoms with Crippen molar-refractivity contribution in [3.05, 3.63) is 83.9 Å². The van der Waals surface area contributed by atoms with E-state index in [1.165, 1.54) is 4.90 Å². The molecule has 3 rings (SSSR count). The summed E-state index contributed by atoms with van der Waals surface area (Å²) in [4.78, 5) is 66.0. The van der Waals surface area contributed by atoms with Crippen LogP contribution >= 0.6 is 0 Å². The molecule has 0 aliphatic carbocycles. The largest absolute Gasteiger partial charge is 0.480 e. The summed E-state index contributed by atoms with van der Waals surface area (Å²) in [6.45, 7) is 10.1. The molecule has 4 N–H and O–H groups in total. The third-order valence-electron chi connectivity index (χ3n) is 8.22. The van der Waals surface area contributed by atoms with E-state index in [1.807, 2.05) is 80.6 Å². The van der Waals surface area contributed by atoms with Crippen LogP contribution in [0.15, 0.2) is 72.8 Å². The zero-order valence-corrected chi connectivity index (χ0v) is 30.4. The van der Waals surface area contributed by atoms with Crippen LogP contribution in [0, 0.1) is 11.8 Å². The van der Waals surface area contributed by atoms with Gasteiger partial charge in [0.2, 0.25) is 11.8 Å². The Balaban J connectivity index is 1.65. The van der Waals surface area contributed by atoms with E-state index in [4.69, 9.17) is 9.47 Å². The van der Waals surface area contributed by atoms with Gasteiger partial charge in [0.15, 0.2) is 0 Å². The Labute approximate surface area is 301 Å². The number of ether oxygens (including phenoxy) is 2. The fourth-order valence-electron chi connectivity index (χ4n) is 5.84. The first kappa shape index (κ1) is 40.6. The van der Waals surface area contributed by atoms with Crippen molar-refractivity contribution in [3.8, 4) is 0 Å². The van der Waals surface area contributed by atoms with Gasteiger partial charge in [0.05, 0.1) is 12.0 Å². The minimum atomic E-state index is -1.20. The minimum absolute atomic E-state index is 0.0714. The van der Waals surface area contributed by atoms with Crippen molar-refractivity contribution in [2.75, 3.05) is 13.1 Å². The van der Waals surface area contributed by atoms with Crippen molar-refractivity contribution in [3.63, 3.8) is 0 Å². The Morgan fingerprint density at radius 2 is 1.57 bits per heavy atom. The van der Waals surface area contributed by atoms with Gasteiger partial charge in [-0.2, -0.15) is 0 Å². The highest BCUT2D eigenvalue weighted by Crippen LogP contribution is 2.24. The summed E-state index contributed by atoms with van der Waals surface area (Å²) in [5, 5.41) is 18.0. The van der Waals surface area contributed by atoms with Crippen LogP contribution in [0.3, 0.4) is 0 Å². The number of amides is 4. The van der Waals surface area contributed by atoms with Gasteiger partial charge in [0, 0.05) is 13.1 Å². The topological polar surface area (TPSA) is 163 Å². The third-order valence-corrected chi connectivity index (χ3v) is 8.22. The number of rotatable bonds is 17. The quantitative estimate of drug-likeness (QED) is 0.122. The summed E-state index contributed by atoms with van der Waals surface area (Å²) in [6.07, 6.45) is 4.80. The normalized spacial score (nSPS) is 16.3. The number of aliphatic carboxylic acids is 1. The number of carbonyl (C=O) groups is 5. The Morgan fingerprint density at radius 1 is 0.922 bits per heavy atom. The molecule has 4 amide bonds. The SMILES string of the molecule is CC(C)CC(/C=C/C(Cc1ccccc1)C(=O)N1CCC[C@H]1C(=O)NC(CCCNC(=O)OCc1ccccc1)C(=O)O)NC(=O)OC(C)(C)C. The van der Waals surface area contributed by atoms with Crippen molar-refractivity contribution in [2.45, 2.75) is 103 Å². The number of carboxylic acids is 1. The predicted octanol–water partition coefficient (Wildman–Crippen LogP) is 5.61. The van der Waals surface area contributed by atoms with Crippen LogP contribution in [0.25, 0.3) is 0 Å². The minimum Gasteiger partial charge on any atom is -0.480 e. The van der Waals surface area contributed by atoms with Gasteiger partial charge in [0.1, 0.15) is 24.3 Å². The molecule has 1 heterocycles. The molecule has 51 heavy (non-hydrogen) atoms. The van der Waals surface area contributed by atoms with Crippen molar-refractivity contribution >= 4 is 30.0 Å². The molecule has 0 saturated carbocycles. The van der Waals surface area contributed by atoms with Crippen molar-refractivity contribution in [1.29, 1.82) is 0 Å². The van der Waals surface area contributed by atoms with Crippen LogP contribution < -0.4 is 16.0 Å². The molecule has 0 spiro atoms.